The van der Waals surface area contributed by atoms with Crippen molar-refractivity contribution in [3.05, 3.63) is 50.1 Å². The average Bonchev–Trinajstić information content (AvgIpc) is 3.31. The van der Waals surface area contributed by atoms with Gasteiger partial charge in [-0.2, -0.15) is 13.2 Å². The van der Waals surface area contributed by atoms with Gasteiger partial charge in [-0.3, -0.25) is 9.51 Å². The predicted molar refractivity (Wildman–Crippen MR) is 104 cm³/mol. The Bertz CT molecular complexity index is 1110. The van der Waals surface area contributed by atoms with E-state index in [0.29, 0.717) is 12.8 Å². The van der Waals surface area contributed by atoms with Crippen LogP contribution in [0.25, 0.3) is 11.4 Å². The normalized spacial score (nSPS) is 19.5. The summed E-state index contributed by atoms with van der Waals surface area (Å²) in [6, 6.07) is 4.14. The third kappa shape index (κ3) is 4.81. The molecule has 6 nitrogen and oxygen atoms in total. The van der Waals surface area contributed by atoms with Gasteiger partial charge in [-0.05, 0) is 44.7 Å². The molecule has 0 atom stereocenters. The van der Waals surface area contributed by atoms with Crippen LogP contribution in [-0.4, -0.2) is 21.3 Å². The van der Waals surface area contributed by atoms with Gasteiger partial charge >= 0.3 is 11.9 Å². The fourth-order valence-electron chi connectivity index (χ4n) is 3.70. The average molecular weight is 457 g/mol. The van der Waals surface area contributed by atoms with E-state index in [2.05, 4.69) is 19.6 Å². The Morgan fingerprint density at radius 3 is 2.61 bits per heavy atom. The molecule has 4 rings (SSSR count). The van der Waals surface area contributed by atoms with E-state index in [9.17, 15) is 22.4 Å². The Hall–Kier alpha value is -2.69. The first-order valence-electron chi connectivity index (χ1n) is 9.72. The van der Waals surface area contributed by atoms with E-state index >= 15 is 0 Å². The highest BCUT2D eigenvalue weighted by Crippen LogP contribution is 2.44. The van der Waals surface area contributed by atoms with Crippen molar-refractivity contribution in [2.75, 3.05) is 0 Å². The van der Waals surface area contributed by atoms with Crippen molar-refractivity contribution in [2.24, 2.45) is 5.92 Å². The van der Waals surface area contributed by atoms with Crippen LogP contribution >= 0.6 is 11.3 Å². The number of aromatic nitrogens is 3. The Balaban J connectivity index is 1.39. The quantitative estimate of drug-likeness (QED) is 0.523. The van der Waals surface area contributed by atoms with Crippen molar-refractivity contribution >= 4 is 11.3 Å². The molecule has 166 valence electrons. The van der Waals surface area contributed by atoms with Gasteiger partial charge in [-0.15, -0.1) is 11.3 Å². The lowest BCUT2D eigenvalue weighted by Gasteiger charge is -2.28. The summed E-state index contributed by atoms with van der Waals surface area (Å²) in [4.78, 5) is 18.7. The molecule has 0 bridgehead atoms. The molecule has 3 aromatic rings. The molecule has 0 spiro atoms. The summed E-state index contributed by atoms with van der Waals surface area (Å²) >= 11 is 1.43. The van der Waals surface area contributed by atoms with E-state index < -0.39 is 23.7 Å². The van der Waals surface area contributed by atoms with E-state index in [-0.39, 0.29) is 42.5 Å². The van der Waals surface area contributed by atoms with Gasteiger partial charge < -0.3 is 4.74 Å². The first-order chi connectivity index (χ1) is 14.7. The van der Waals surface area contributed by atoms with E-state index in [1.54, 1.807) is 6.07 Å². The van der Waals surface area contributed by atoms with Crippen LogP contribution in [-0.2, 0) is 6.61 Å². The number of rotatable bonds is 5. The highest BCUT2D eigenvalue weighted by atomic mass is 32.1. The first-order valence-corrected chi connectivity index (χ1v) is 10.5. The molecular weight excluding hydrogens is 438 g/mol. The number of nitrogens with one attached hydrogen (secondary N) is 1. The lowest BCUT2D eigenvalue weighted by Crippen LogP contribution is -2.27. The van der Waals surface area contributed by atoms with Crippen molar-refractivity contribution < 1.29 is 26.8 Å². The topological polar surface area (TPSA) is 81.0 Å². The lowest BCUT2D eigenvalue weighted by atomic mass is 9.82. The molecule has 1 fully saturated rings. The fraction of sp³-hybridized carbons (Fsp3) is 0.450. The summed E-state index contributed by atoms with van der Waals surface area (Å²) in [5.41, 5.74) is 0.833. The van der Waals surface area contributed by atoms with Crippen LogP contribution in [0.3, 0.4) is 0 Å². The lowest BCUT2D eigenvalue weighted by molar-refractivity contribution is -0.182. The molecule has 2 heterocycles. The summed E-state index contributed by atoms with van der Waals surface area (Å²) in [6.45, 7) is 1.99. The molecule has 11 heteroatoms. The minimum absolute atomic E-state index is 0.0164. The zero-order chi connectivity index (χ0) is 22.2. The molecule has 0 aliphatic heterocycles. The molecule has 1 saturated carbocycles. The maximum Gasteiger partial charge on any atom is 0.439 e. The number of nitrogens with zero attached hydrogens (tertiary/aromatic N) is 2. The summed E-state index contributed by atoms with van der Waals surface area (Å²) in [5, 5.41) is 4.28. The molecule has 1 aromatic carbocycles. The molecule has 0 amide bonds. The van der Waals surface area contributed by atoms with E-state index in [4.69, 9.17) is 4.74 Å². The van der Waals surface area contributed by atoms with Crippen LogP contribution in [0.15, 0.2) is 27.5 Å². The highest BCUT2D eigenvalue weighted by molar-refractivity contribution is 7.11. The molecule has 31 heavy (non-hydrogen) atoms. The number of aryl methyl sites for hydroxylation is 1. The van der Waals surface area contributed by atoms with E-state index in [1.807, 2.05) is 6.92 Å². The van der Waals surface area contributed by atoms with E-state index in [1.165, 1.54) is 23.5 Å². The zero-order valence-corrected chi connectivity index (χ0v) is 17.3. The van der Waals surface area contributed by atoms with Crippen LogP contribution in [0, 0.1) is 18.7 Å². The van der Waals surface area contributed by atoms with Crippen LogP contribution < -0.4 is 10.5 Å². The van der Waals surface area contributed by atoms with Crippen LogP contribution in [0.5, 0.6) is 5.75 Å². The monoisotopic (exact) mass is 457 g/mol. The minimum Gasteiger partial charge on any atom is -0.488 e. The number of aromatic amines is 1. The number of ether oxygens (including phenoxy) is 1. The molecule has 1 N–H and O–H groups in total. The first kappa shape index (κ1) is 21.5. The van der Waals surface area contributed by atoms with Crippen LogP contribution in [0.2, 0.25) is 0 Å². The number of benzene rings is 1. The van der Waals surface area contributed by atoms with Crippen molar-refractivity contribution in [2.45, 2.75) is 51.3 Å². The van der Waals surface area contributed by atoms with Crippen LogP contribution in [0.4, 0.5) is 17.6 Å². The number of hydrogen-bond acceptors (Lipinski definition) is 6. The number of hydrogen-bond donors (Lipinski definition) is 1. The van der Waals surface area contributed by atoms with Gasteiger partial charge in [0.15, 0.2) is 5.82 Å². The highest BCUT2D eigenvalue weighted by Gasteiger charge is 2.42. The van der Waals surface area contributed by atoms with Gasteiger partial charge in [0, 0.05) is 12.0 Å². The van der Waals surface area contributed by atoms with Gasteiger partial charge in [-0.25, -0.2) is 14.2 Å². The second-order valence-corrected chi connectivity index (χ2v) is 8.64. The summed E-state index contributed by atoms with van der Waals surface area (Å²) in [5.74, 6) is -2.34. The Kier molecular flexibility index (Phi) is 5.87. The maximum atomic E-state index is 14.3. The Morgan fingerprint density at radius 1 is 1.26 bits per heavy atom. The summed E-state index contributed by atoms with van der Waals surface area (Å²) < 4.78 is 63.0. The largest absolute Gasteiger partial charge is 0.488 e. The molecule has 2 aromatic heterocycles. The summed E-state index contributed by atoms with van der Waals surface area (Å²) in [6.07, 6.45) is -2.94. The van der Waals surface area contributed by atoms with Gasteiger partial charge in [0.1, 0.15) is 18.2 Å². The van der Waals surface area contributed by atoms with Gasteiger partial charge in [0.25, 0.3) is 0 Å². The third-order valence-electron chi connectivity index (χ3n) is 5.45. The smallest absolute Gasteiger partial charge is 0.439 e. The van der Waals surface area contributed by atoms with Crippen molar-refractivity contribution in [1.29, 1.82) is 0 Å². The second-order valence-electron chi connectivity index (χ2n) is 7.52. The zero-order valence-electron chi connectivity index (χ0n) is 16.5. The van der Waals surface area contributed by atoms with Gasteiger partial charge in [0.2, 0.25) is 0 Å². The SMILES string of the molecule is Cc1nc(C2CCC(C(F)(F)F)CC2)sc1COc1ccc(-c2noc(=O)[nH]2)c(F)c1. The fourth-order valence-corrected chi connectivity index (χ4v) is 4.85. The molecule has 1 aliphatic carbocycles. The Morgan fingerprint density at radius 2 is 2.00 bits per heavy atom. The van der Waals surface area contributed by atoms with Crippen molar-refractivity contribution in [1.82, 2.24) is 15.1 Å². The predicted octanol–water partition coefficient (Wildman–Crippen LogP) is 5.35. The molecule has 1 aliphatic rings. The van der Waals surface area contributed by atoms with E-state index in [0.717, 1.165) is 15.6 Å². The third-order valence-corrected chi connectivity index (χ3v) is 6.75. The van der Waals surface area contributed by atoms with Crippen LogP contribution in [0.1, 0.15) is 47.2 Å². The molecular formula is C20H19F4N3O3S. The molecule has 0 unspecified atom stereocenters. The number of alkyl halides is 3. The van der Waals surface area contributed by atoms with Crippen molar-refractivity contribution in [3.8, 4) is 17.1 Å². The minimum atomic E-state index is -4.13. The Labute approximate surface area is 178 Å². The van der Waals surface area contributed by atoms with Gasteiger partial charge in [-0.1, -0.05) is 5.16 Å². The van der Waals surface area contributed by atoms with Gasteiger partial charge in [0.05, 0.1) is 27.1 Å². The number of H-pyrrole nitrogens is 1. The van der Waals surface area contributed by atoms with Crippen molar-refractivity contribution in [3.63, 3.8) is 0 Å². The summed E-state index contributed by atoms with van der Waals surface area (Å²) in [7, 11) is 0. The number of halogens is 4. The maximum absolute atomic E-state index is 14.3. The molecule has 0 saturated heterocycles. The number of thiazole rings is 1. The second kappa shape index (κ2) is 8.45. The molecule has 0 radical (unpaired) electrons. The standard InChI is InChI=1S/C20H19F4N3O3S/c1-10-16(31-18(25-10)11-2-4-12(5-3-11)20(22,23)24)9-29-13-6-7-14(15(21)8-13)17-26-19(28)30-27-17/h6-8,11-12H,2-5,9H2,1H3,(H,26,27,28).